The second-order valence-corrected chi connectivity index (χ2v) is 9.53. The molecule has 12 heteroatoms. The lowest BCUT2D eigenvalue weighted by Gasteiger charge is -2.34. The predicted octanol–water partition coefficient (Wildman–Crippen LogP) is 5.16. The van der Waals surface area contributed by atoms with E-state index >= 15 is 0 Å². The number of piperidine rings is 1. The van der Waals surface area contributed by atoms with Gasteiger partial charge in [0, 0.05) is 36.9 Å². The molecule has 37 heavy (non-hydrogen) atoms. The first kappa shape index (κ1) is 28.2. The Kier molecular flexibility index (Phi) is 8.95. The van der Waals surface area contributed by atoms with Crippen LogP contribution in [0.5, 0.6) is 5.75 Å². The average Bonchev–Trinajstić information content (AvgIpc) is 2.83. The van der Waals surface area contributed by atoms with Gasteiger partial charge in [0.15, 0.2) is 6.79 Å². The maximum absolute atomic E-state index is 14.1. The van der Waals surface area contributed by atoms with Gasteiger partial charge in [-0.25, -0.2) is 4.79 Å². The zero-order valence-electron chi connectivity index (χ0n) is 21.2. The second kappa shape index (κ2) is 11.8. The zero-order valence-corrected chi connectivity index (χ0v) is 21.2. The summed E-state index contributed by atoms with van der Waals surface area (Å²) in [6.45, 7) is 7.90. The van der Waals surface area contributed by atoms with Gasteiger partial charge in [-0.1, -0.05) is 6.07 Å². The van der Waals surface area contributed by atoms with Gasteiger partial charge in [0.05, 0.1) is 5.56 Å². The highest BCUT2D eigenvalue weighted by Gasteiger charge is 2.37. The molecule has 1 fully saturated rings. The molecule has 2 aromatic rings. The lowest BCUT2D eigenvalue weighted by atomic mass is 10.0. The van der Waals surface area contributed by atoms with Crippen LogP contribution < -0.4 is 10.1 Å². The molecule has 0 spiro atoms. The molecular formula is C25H31F3N4O5. The number of rotatable bonds is 8. The van der Waals surface area contributed by atoms with E-state index in [1.165, 1.54) is 23.1 Å². The highest BCUT2D eigenvalue weighted by atomic mass is 19.4. The van der Waals surface area contributed by atoms with E-state index in [-0.39, 0.29) is 42.1 Å². The fourth-order valence-electron chi connectivity index (χ4n) is 3.79. The van der Waals surface area contributed by atoms with E-state index in [1.54, 1.807) is 27.7 Å². The molecule has 1 aliphatic heterocycles. The average molecular weight is 525 g/mol. The summed E-state index contributed by atoms with van der Waals surface area (Å²) >= 11 is 0. The molecule has 1 N–H and O–H groups in total. The predicted molar refractivity (Wildman–Crippen MR) is 129 cm³/mol. The first-order chi connectivity index (χ1) is 17.4. The molecule has 202 valence electrons. The maximum Gasteiger partial charge on any atom is 0.418 e. The maximum atomic E-state index is 14.1. The summed E-state index contributed by atoms with van der Waals surface area (Å²) in [7, 11) is 0. The van der Waals surface area contributed by atoms with Crippen molar-refractivity contribution >= 4 is 18.2 Å². The number of nitrogens with zero attached hydrogens (tertiary/aromatic N) is 3. The molecule has 1 unspecified atom stereocenters. The third-order valence-electron chi connectivity index (χ3n) is 5.42. The molecule has 0 radical (unpaired) electrons. The number of amides is 1. The molecule has 1 atom stereocenters. The Morgan fingerprint density at radius 3 is 2.62 bits per heavy atom. The minimum Gasteiger partial charge on any atom is -0.467 e. The van der Waals surface area contributed by atoms with Gasteiger partial charge < -0.3 is 24.4 Å². The fraction of sp³-hybridized carbons (Fsp3) is 0.520. The van der Waals surface area contributed by atoms with Crippen LogP contribution in [-0.4, -0.2) is 65.6 Å². The summed E-state index contributed by atoms with van der Waals surface area (Å²) in [5.74, 6) is -0.0627. The normalized spacial score (nSPS) is 16.3. The number of anilines is 1. The van der Waals surface area contributed by atoms with Crippen molar-refractivity contribution < 1.29 is 37.0 Å². The summed E-state index contributed by atoms with van der Waals surface area (Å²) in [6, 6.07) is 4.57. The number of aldehydes is 1. The third-order valence-corrected chi connectivity index (χ3v) is 5.42. The number of ether oxygens (including phenoxy) is 3. The molecule has 9 nitrogen and oxygen atoms in total. The van der Waals surface area contributed by atoms with E-state index in [1.807, 2.05) is 0 Å². The molecule has 1 aromatic carbocycles. The number of halogens is 3. The van der Waals surface area contributed by atoms with E-state index in [0.717, 1.165) is 6.07 Å². The quantitative estimate of drug-likeness (QED) is 0.287. The van der Waals surface area contributed by atoms with Gasteiger partial charge in [0.1, 0.15) is 29.1 Å². The Morgan fingerprint density at radius 1 is 1.22 bits per heavy atom. The highest BCUT2D eigenvalue weighted by Crippen LogP contribution is 2.40. The van der Waals surface area contributed by atoms with Gasteiger partial charge in [0.2, 0.25) is 0 Å². The third kappa shape index (κ3) is 7.78. The summed E-state index contributed by atoms with van der Waals surface area (Å²) in [4.78, 5) is 25.1. The Labute approximate surface area is 213 Å². The minimum absolute atomic E-state index is 0.0128. The Balaban J connectivity index is 1.87. The van der Waals surface area contributed by atoms with Crippen LogP contribution in [0.25, 0.3) is 11.3 Å². The van der Waals surface area contributed by atoms with Crippen molar-refractivity contribution in [3.63, 3.8) is 0 Å². The number of carbonyl (C=O) groups excluding carboxylic acids is 2. The van der Waals surface area contributed by atoms with Gasteiger partial charge in [-0.3, -0.25) is 4.79 Å². The first-order valence-corrected chi connectivity index (χ1v) is 11.9. The molecule has 0 saturated carbocycles. The van der Waals surface area contributed by atoms with Crippen LogP contribution in [0.1, 0.15) is 56.5 Å². The molecule has 1 aliphatic rings. The van der Waals surface area contributed by atoms with Crippen molar-refractivity contribution in [2.45, 2.75) is 58.4 Å². The van der Waals surface area contributed by atoms with Crippen molar-refractivity contribution in [3.05, 3.63) is 35.4 Å². The van der Waals surface area contributed by atoms with Crippen LogP contribution in [0.2, 0.25) is 0 Å². The van der Waals surface area contributed by atoms with Crippen LogP contribution in [0, 0.1) is 0 Å². The largest absolute Gasteiger partial charge is 0.467 e. The van der Waals surface area contributed by atoms with Crippen LogP contribution in [0.3, 0.4) is 0 Å². The number of benzene rings is 1. The number of alkyl halides is 3. The van der Waals surface area contributed by atoms with E-state index in [0.29, 0.717) is 32.3 Å². The molecule has 1 amide bonds. The molecule has 1 saturated heterocycles. The van der Waals surface area contributed by atoms with Gasteiger partial charge in [0.25, 0.3) is 0 Å². The summed E-state index contributed by atoms with van der Waals surface area (Å²) in [5.41, 5.74) is -1.88. The molecule has 1 aromatic heterocycles. The lowest BCUT2D eigenvalue weighted by Crippen LogP contribution is -2.47. The van der Waals surface area contributed by atoms with Gasteiger partial charge in [-0.05, 0) is 58.7 Å². The van der Waals surface area contributed by atoms with Crippen LogP contribution >= 0.6 is 0 Å². The van der Waals surface area contributed by atoms with Crippen molar-refractivity contribution in [1.29, 1.82) is 0 Å². The summed E-state index contributed by atoms with van der Waals surface area (Å²) in [5, 5.41) is 10.8. The SMILES string of the molecule is CCOCOc1cc(C=O)ccc1-c1nnc(NC2CCCN(C(=O)OC(C)(C)C)C2)cc1C(F)(F)F. The number of nitrogens with one attached hydrogen (secondary N) is 1. The van der Waals surface area contributed by atoms with Crippen molar-refractivity contribution in [2.75, 3.05) is 31.8 Å². The van der Waals surface area contributed by atoms with Crippen molar-refractivity contribution in [2.24, 2.45) is 0 Å². The van der Waals surface area contributed by atoms with E-state index in [2.05, 4.69) is 15.5 Å². The second-order valence-electron chi connectivity index (χ2n) is 9.53. The Morgan fingerprint density at radius 2 is 1.97 bits per heavy atom. The van der Waals surface area contributed by atoms with Gasteiger partial charge in [-0.2, -0.15) is 13.2 Å². The smallest absolute Gasteiger partial charge is 0.418 e. The Hall–Kier alpha value is -3.41. The number of aromatic nitrogens is 2. The number of hydrogen-bond acceptors (Lipinski definition) is 8. The molecule has 0 aliphatic carbocycles. The Bertz CT molecular complexity index is 1100. The topological polar surface area (TPSA) is 103 Å². The first-order valence-electron chi connectivity index (χ1n) is 11.9. The summed E-state index contributed by atoms with van der Waals surface area (Å²) in [6.07, 6.45) is -3.39. The van der Waals surface area contributed by atoms with Gasteiger partial charge in [-0.15, -0.1) is 10.2 Å². The molecular weight excluding hydrogens is 493 g/mol. The highest BCUT2D eigenvalue weighted by molar-refractivity contribution is 5.80. The number of carbonyl (C=O) groups is 2. The van der Waals surface area contributed by atoms with E-state index in [9.17, 15) is 22.8 Å². The summed E-state index contributed by atoms with van der Waals surface area (Å²) < 4.78 is 58.4. The fourth-order valence-corrected chi connectivity index (χ4v) is 3.79. The number of likely N-dealkylation sites (tertiary alicyclic amines) is 1. The van der Waals surface area contributed by atoms with Crippen LogP contribution in [0.15, 0.2) is 24.3 Å². The molecule has 3 rings (SSSR count). The van der Waals surface area contributed by atoms with Crippen LogP contribution in [0.4, 0.5) is 23.8 Å². The van der Waals surface area contributed by atoms with Crippen molar-refractivity contribution in [1.82, 2.24) is 15.1 Å². The van der Waals surface area contributed by atoms with Crippen molar-refractivity contribution in [3.8, 4) is 17.0 Å². The minimum atomic E-state index is -4.75. The van der Waals surface area contributed by atoms with E-state index < -0.39 is 29.1 Å². The standard InChI is InChI=1S/C25H31F3N4O5/c1-5-35-15-36-20-11-16(14-33)8-9-18(20)22-19(25(26,27)28)12-21(30-31-22)29-17-7-6-10-32(13-17)23(34)37-24(2,3)4/h8-9,11-12,14,17H,5-7,10,13,15H2,1-4H3,(H,29,30). The van der Waals surface area contributed by atoms with E-state index in [4.69, 9.17) is 14.2 Å². The number of hydrogen-bond donors (Lipinski definition) is 1. The molecule has 0 bridgehead atoms. The monoisotopic (exact) mass is 524 g/mol. The van der Waals surface area contributed by atoms with Gasteiger partial charge >= 0.3 is 12.3 Å². The lowest BCUT2D eigenvalue weighted by molar-refractivity contribution is -0.137. The van der Waals surface area contributed by atoms with Crippen LogP contribution in [-0.2, 0) is 15.7 Å². The molecule has 2 heterocycles. The zero-order chi connectivity index (χ0) is 27.2.